The SMILES string of the molecule is Cc1ccc(C(Cl)c2ccc(Br)c(Cl)c2)cc1C. The minimum Gasteiger partial charge on any atom is -0.113 e. The Morgan fingerprint density at radius 2 is 1.56 bits per heavy atom. The first-order valence-corrected chi connectivity index (χ1v) is 7.26. The third-order valence-electron chi connectivity index (χ3n) is 3.06. The molecule has 0 fully saturated rings. The molecule has 0 spiro atoms. The van der Waals surface area contributed by atoms with E-state index in [4.69, 9.17) is 23.2 Å². The molecule has 1 atom stereocenters. The van der Waals surface area contributed by atoms with Gasteiger partial charge in [-0.3, -0.25) is 0 Å². The Labute approximate surface area is 126 Å². The summed E-state index contributed by atoms with van der Waals surface area (Å²) in [6.07, 6.45) is 0. The maximum Gasteiger partial charge on any atom is 0.0836 e. The van der Waals surface area contributed by atoms with E-state index >= 15 is 0 Å². The van der Waals surface area contributed by atoms with Gasteiger partial charge in [-0.05, 0) is 64.2 Å². The van der Waals surface area contributed by atoms with Gasteiger partial charge in [0.05, 0.1) is 10.4 Å². The average Bonchev–Trinajstić information content (AvgIpc) is 2.35. The van der Waals surface area contributed by atoms with Crippen molar-refractivity contribution in [3.8, 4) is 0 Å². The molecule has 2 rings (SSSR count). The Kier molecular flexibility index (Phi) is 4.37. The highest BCUT2D eigenvalue weighted by atomic mass is 79.9. The molecule has 18 heavy (non-hydrogen) atoms. The minimum atomic E-state index is -0.171. The van der Waals surface area contributed by atoms with Crippen LogP contribution in [0.25, 0.3) is 0 Å². The molecule has 0 aromatic heterocycles. The summed E-state index contributed by atoms with van der Waals surface area (Å²) >= 11 is 16.0. The van der Waals surface area contributed by atoms with Crippen LogP contribution in [0.2, 0.25) is 5.02 Å². The molecule has 0 aliphatic carbocycles. The molecule has 0 radical (unpaired) electrons. The van der Waals surface area contributed by atoms with E-state index < -0.39 is 0 Å². The standard InChI is InChI=1S/C15H13BrCl2/c1-9-3-4-11(7-10(9)2)15(18)12-5-6-13(16)14(17)8-12/h3-8,15H,1-2H3. The fraction of sp³-hybridized carbons (Fsp3) is 0.200. The monoisotopic (exact) mass is 342 g/mol. The first-order chi connectivity index (χ1) is 8.49. The molecule has 1 unspecified atom stereocenters. The summed E-state index contributed by atoms with van der Waals surface area (Å²) in [5, 5.41) is 0.511. The first-order valence-electron chi connectivity index (χ1n) is 5.65. The van der Waals surface area contributed by atoms with Crippen molar-refractivity contribution in [1.82, 2.24) is 0 Å². The second-order valence-corrected chi connectivity index (χ2v) is 6.08. The van der Waals surface area contributed by atoms with Crippen molar-refractivity contribution in [2.75, 3.05) is 0 Å². The first kappa shape index (κ1) is 13.9. The lowest BCUT2D eigenvalue weighted by atomic mass is 10.00. The Bertz CT molecular complexity index is 527. The summed E-state index contributed by atoms with van der Waals surface area (Å²) < 4.78 is 0.886. The average molecular weight is 344 g/mol. The third kappa shape index (κ3) is 2.90. The second kappa shape index (κ2) is 5.64. The van der Waals surface area contributed by atoms with E-state index in [1.165, 1.54) is 11.1 Å². The predicted molar refractivity (Wildman–Crippen MR) is 82.8 cm³/mol. The van der Waals surface area contributed by atoms with Gasteiger partial charge in [0.2, 0.25) is 0 Å². The number of aryl methyl sites for hydroxylation is 2. The van der Waals surface area contributed by atoms with E-state index in [9.17, 15) is 0 Å². The lowest BCUT2D eigenvalue weighted by Gasteiger charge is -2.13. The van der Waals surface area contributed by atoms with Gasteiger partial charge >= 0.3 is 0 Å². The van der Waals surface area contributed by atoms with E-state index in [-0.39, 0.29) is 5.38 Å². The summed E-state index contributed by atoms with van der Waals surface area (Å²) in [6.45, 7) is 4.19. The lowest BCUT2D eigenvalue weighted by molar-refractivity contribution is 1.12. The van der Waals surface area contributed by atoms with E-state index in [0.29, 0.717) is 5.02 Å². The summed E-state index contributed by atoms with van der Waals surface area (Å²) in [5.41, 5.74) is 4.63. The maximum atomic E-state index is 6.51. The lowest BCUT2D eigenvalue weighted by Crippen LogP contribution is -1.95. The van der Waals surface area contributed by atoms with Crippen molar-refractivity contribution in [3.05, 3.63) is 68.1 Å². The van der Waals surface area contributed by atoms with Crippen LogP contribution in [0.4, 0.5) is 0 Å². The fourth-order valence-corrected chi connectivity index (χ4v) is 2.49. The zero-order valence-corrected chi connectivity index (χ0v) is 13.3. The molecule has 0 N–H and O–H groups in total. The summed E-state index contributed by atoms with van der Waals surface area (Å²) in [4.78, 5) is 0. The fourth-order valence-electron chi connectivity index (χ4n) is 1.78. The molecular weight excluding hydrogens is 331 g/mol. The van der Waals surface area contributed by atoms with Gasteiger partial charge in [0, 0.05) is 4.47 Å². The van der Waals surface area contributed by atoms with Crippen LogP contribution < -0.4 is 0 Å². The summed E-state index contributed by atoms with van der Waals surface area (Å²) in [7, 11) is 0. The molecule has 0 saturated heterocycles. The molecule has 0 amide bonds. The van der Waals surface area contributed by atoms with Crippen molar-refractivity contribution in [1.29, 1.82) is 0 Å². The molecule has 0 saturated carbocycles. The van der Waals surface area contributed by atoms with Crippen molar-refractivity contribution in [2.45, 2.75) is 19.2 Å². The van der Waals surface area contributed by atoms with Crippen LogP contribution >= 0.6 is 39.1 Å². The van der Waals surface area contributed by atoms with Crippen molar-refractivity contribution >= 4 is 39.1 Å². The Balaban J connectivity index is 2.37. The topological polar surface area (TPSA) is 0 Å². The van der Waals surface area contributed by atoms with Crippen LogP contribution in [0, 0.1) is 13.8 Å². The summed E-state index contributed by atoms with van der Waals surface area (Å²) in [6, 6.07) is 12.1. The molecule has 0 aliphatic heterocycles. The van der Waals surface area contributed by atoms with Crippen LogP contribution in [-0.4, -0.2) is 0 Å². The predicted octanol–water partition coefficient (Wildman–Crippen LogP) is 6.05. The number of hydrogen-bond acceptors (Lipinski definition) is 0. The molecule has 0 bridgehead atoms. The highest BCUT2D eigenvalue weighted by Gasteiger charge is 2.12. The number of benzene rings is 2. The molecule has 94 valence electrons. The van der Waals surface area contributed by atoms with Gasteiger partial charge < -0.3 is 0 Å². The third-order valence-corrected chi connectivity index (χ3v) is 4.80. The highest BCUT2D eigenvalue weighted by Crippen LogP contribution is 2.33. The summed E-state index contributed by atoms with van der Waals surface area (Å²) in [5.74, 6) is 0. The number of halogens is 3. The highest BCUT2D eigenvalue weighted by molar-refractivity contribution is 9.10. The zero-order chi connectivity index (χ0) is 13.3. The van der Waals surface area contributed by atoms with Gasteiger partial charge in [-0.2, -0.15) is 0 Å². The van der Waals surface area contributed by atoms with Gasteiger partial charge in [0.25, 0.3) is 0 Å². The zero-order valence-electron chi connectivity index (χ0n) is 10.2. The normalized spacial score (nSPS) is 12.5. The maximum absolute atomic E-state index is 6.51. The number of hydrogen-bond donors (Lipinski definition) is 0. The van der Waals surface area contributed by atoms with Gasteiger partial charge in [-0.15, -0.1) is 11.6 Å². The van der Waals surface area contributed by atoms with Crippen LogP contribution in [-0.2, 0) is 0 Å². The van der Waals surface area contributed by atoms with Crippen LogP contribution in [0.3, 0.4) is 0 Å². The van der Waals surface area contributed by atoms with E-state index in [1.54, 1.807) is 0 Å². The van der Waals surface area contributed by atoms with E-state index in [0.717, 1.165) is 15.6 Å². The van der Waals surface area contributed by atoms with Crippen molar-refractivity contribution in [2.24, 2.45) is 0 Å². The van der Waals surface area contributed by atoms with Crippen LogP contribution in [0.5, 0.6) is 0 Å². The van der Waals surface area contributed by atoms with Crippen LogP contribution in [0.1, 0.15) is 27.6 Å². The number of alkyl halides is 1. The molecule has 2 aromatic carbocycles. The Morgan fingerprint density at radius 1 is 0.944 bits per heavy atom. The molecule has 3 heteroatoms. The molecule has 0 aliphatic rings. The second-order valence-electron chi connectivity index (χ2n) is 4.38. The molecular formula is C15H13BrCl2. The minimum absolute atomic E-state index is 0.171. The van der Waals surface area contributed by atoms with Crippen molar-refractivity contribution in [3.63, 3.8) is 0 Å². The van der Waals surface area contributed by atoms with Crippen LogP contribution in [0.15, 0.2) is 40.9 Å². The quantitative estimate of drug-likeness (QED) is 0.582. The van der Waals surface area contributed by atoms with E-state index in [1.807, 2.05) is 18.2 Å². The number of rotatable bonds is 2. The molecule has 2 aromatic rings. The van der Waals surface area contributed by atoms with Gasteiger partial charge in [0.1, 0.15) is 0 Å². The van der Waals surface area contributed by atoms with Crippen molar-refractivity contribution < 1.29 is 0 Å². The van der Waals surface area contributed by atoms with Gasteiger partial charge in [-0.25, -0.2) is 0 Å². The largest absolute Gasteiger partial charge is 0.113 e. The Morgan fingerprint density at radius 3 is 2.17 bits per heavy atom. The Hall–Kier alpha value is -0.500. The molecule has 0 nitrogen and oxygen atoms in total. The van der Waals surface area contributed by atoms with Gasteiger partial charge in [0.15, 0.2) is 0 Å². The van der Waals surface area contributed by atoms with E-state index in [2.05, 4.69) is 48.0 Å². The molecule has 0 heterocycles. The van der Waals surface area contributed by atoms with Gasteiger partial charge in [-0.1, -0.05) is 35.9 Å². The smallest absolute Gasteiger partial charge is 0.0836 e.